The third kappa shape index (κ3) is 1.27. The van der Waals surface area contributed by atoms with Crippen LogP contribution in [0.2, 0.25) is 0 Å². The van der Waals surface area contributed by atoms with Gasteiger partial charge in [-0.15, -0.1) is 0 Å². The van der Waals surface area contributed by atoms with Crippen LogP contribution in [0.15, 0.2) is 11.1 Å². The highest BCUT2D eigenvalue weighted by Crippen LogP contribution is 2.63. The van der Waals surface area contributed by atoms with Crippen molar-refractivity contribution in [1.29, 1.82) is 0 Å². The molecule has 0 unspecified atom stereocenters. The van der Waals surface area contributed by atoms with Gasteiger partial charge in [0.2, 0.25) is 0 Å². The van der Waals surface area contributed by atoms with Gasteiger partial charge in [-0.3, -0.25) is 4.79 Å². The number of carbonyl (C=O) groups excluding carboxylic acids is 1. The van der Waals surface area contributed by atoms with Crippen molar-refractivity contribution in [3.8, 4) is 0 Å². The zero-order valence-electron chi connectivity index (χ0n) is 9.91. The minimum absolute atomic E-state index is 0.0246. The second kappa shape index (κ2) is 3.33. The number of carbonyl (C=O) groups is 1. The van der Waals surface area contributed by atoms with E-state index in [2.05, 4.69) is 6.92 Å². The zero-order chi connectivity index (χ0) is 11.3. The predicted molar refractivity (Wildman–Crippen MR) is 58.8 cm³/mol. The number of methoxy groups -OCH3 is 1. The van der Waals surface area contributed by atoms with Crippen molar-refractivity contribution in [2.75, 3.05) is 20.3 Å². The van der Waals surface area contributed by atoms with Crippen molar-refractivity contribution >= 4 is 5.97 Å². The van der Waals surface area contributed by atoms with E-state index in [-0.39, 0.29) is 17.3 Å². The van der Waals surface area contributed by atoms with Crippen molar-refractivity contribution < 1.29 is 14.3 Å². The molecule has 2 atom stereocenters. The lowest BCUT2D eigenvalue weighted by atomic mass is 9.68. The largest absolute Gasteiger partial charge is 0.469 e. The molecule has 1 aliphatic heterocycles. The lowest BCUT2D eigenvalue weighted by Crippen LogP contribution is -2.37. The Bertz CT molecular complexity index is 365. The van der Waals surface area contributed by atoms with Gasteiger partial charge in [0, 0.05) is 0 Å². The van der Waals surface area contributed by atoms with Crippen LogP contribution in [0.25, 0.3) is 0 Å². The number of rotatable bonds is 1. The Morgan fingerprint density at radius 3 is 2.81 bits per heavy atom. The fourth-order valence-corrected chi connectivity index (χ4v) is 3.59. The van der Waals surface area contributed by atoms with Gasteiger partial charge in [0.1, 0.15) is 0 Å². The summed E-state index contributed by atoms with van der Waals surface area (Å²) in [4.78, 5) is 11.9. The van der Waals surface area contributed by atoms with Crippen molar-refractivity contribution in [3.05, 3.63) is 11.1 Å². The molecule has 3 aliphatic rings. The van der Waals surface area contributed by atoms with Gasteiger partial charge in [0.15, 0.2) is 0 Å². The summed E-state index contributed by atoms with van der Waals surface area (Å²) < 4.78 is 10.5. The summed E-state index contributed by atoms with van der Waals surface area (Å²) in [5.41, 5.74) is 3.05. The van der Waals surface area contributed by atoms with E-state index < -0.39 is 0 Å². The predicted octanol–water partition coefficient (Wildman–Crippen LogP) is 1.92. The van der Waals surface area contributed by atoms with Crippen molar-refractivity contribution in [2.45, 2.75) is 26.2 Å². The molecule has 0 bridgehead atoms. The topological polar surface area (TPSA) is 35.5 Å². The van der Waals surface area contributed by atoms with Gasteiger partial charge < -0.3 is 9.47 Å². The molecule has 1 heterocycles. The Labute approximate surface area is 95.8 Å². The Hall–Kier alpha value is -0.830. The highest BCUT2D eigenvalue weighted by Gasteiger charge is 2.58. The van der Waals surface area contributed by atoms with Crippen molar-refractivity contribution in [2.24, 2.45) is 17.3 Å². The van der Waals surface area contributed by atoms with Gasteiger partial charge in [0.25, 0.3) is 0 Å². The van der Waals surface area contributed by atoms with Crippen molar-refractivity contribution in [3.63, 3.8) is 0 Å². The summed E-state index contributed by atoms with van der Waals surface area (Å²) in [6.45, 7) is 3.67. The van der Waals surface area contributed by atoms with Crippen LogP contribution >= 0.6 is 0 Å². The molecule has 3 heteroatoms. The maximum atomic E-state index is 11.9. The SMILES string of the molecule is COC(=O)[C@H]1[C@@H](C)C2=C(COC2)CC12CC2. The molecule has 0 aromatic carbocycles. The standard InChI is InChI=1S/C13H18O3/c1-8-10-7-16-6-9(10)5-13(3-4-13)11(8)12(14)15-2/h8,11H,3-7H2,1-2H3/t8-,11+/m0/s1. The summed E-state index contributed by atoms with van der Waals surface area (Å²) in [6.07, 6.45) is 3.41. The van der Waals surface area contributed by atoms with E-state index in [0.29, 0.717) is 5.92 Å². The smallest absolute Gasteiger partial charge is 0.309 e. The van der Waals surface area contributed by atoms with E-state index >= 15 is 0 Å². The highest BCUT2D eigenvalue weighted by atomic mass is 16.5. The molecule has 1 spiro atoms. The maximum absolute atomic E-state index is 11.9. The first-order chi connectivity index (χ1) is 7.68. The number of ether oxygens (including phenoxy) is 2. The van der Waals surface area contributed by atoms with Gasteiger partial charge in [-0.05, 0) is 41.7 Å². The van der Waals surface area contributed by atoms with E-state index in [9.17, 15) is 4.79 Å². The lowest BCUT2D eigenvalue weighted by Gasteiger charge is -2.35. The molecule has 3 rings (SSSR count). The van der Waals surface area contributed by atoms with Gasteiger partial charge in [-0.25, -0.2) is 0 Å². The van der Waals surface area contributed by atoms with Crippen LogP contribution in [-0.2, 0) is 14.3 Å². The molecule has 1 fully saturated rings. The Balaban J connectivity index is 1.96. The normalized spacial score (nSPS) is 35.1. The lowest BCUT2D eigenvalue weighted by molar-refractivity contribution is -0.150. The van der Waals surface area contributed by atoms with Gasteiger partial charge >= 0.3 is 5.97 Å². The van der Waals surface area contributed by atoms with E-state index in [0.717, 1.165) is 19.6 Å². The molecular weight excluding hydrogens is 204 g/mol. The molecule has 0 radical (unpaired) electrons. The third-order valence-corrected chi connectivity index (χ3v) is 4.61. The average molecular weight is 222 g/mol. The molecule has 3 nitrogen and oxygen atoms in total. The molecule has 0 saturated heterocycles. The molecule has 0 amide bonds. The molecule has 1 saturated carbocycles. The highest BCUT2D eigenvalue weighted by molar-refractivity contribution is 5.75. The summed E-state index contributed by atoms with van der Waals surface area (Å²) in [5, 5.41) is 0. The Morgan fingerprint density at radius 2 is 2.19 bits per heavy atom. The minimum atomic E-state index is -0.0246. The van der Waals surface area contributed by atoms with Crippen LogP contribution < -0.4 is 0 Å². The van der Waals surface area contributed by atoms with Crippen LogP contribution in [-0.4, -0.2) is 26.3 Å². The molecule has 0 aromatic rings. The fraction of sp³-hybridized carbons (Fsp3) is 0.769. The van der Waals surface area contributed by atoms with E-state index in [1.807, 2.05) is 0 Å². The fourth-order valence-electron chi connectivity index (χ4n) is 3.59. The summed E-state index contributed by atoms with van der Waals surface area (Å²) >= 11 is 0. The molecule has 0 N–H and O–H groups in total. The number of hydrogen-bond acceptors (Lipinski definition) is 3. The molecular formula is C13H18O3. The number of esters is 1. The van der Waals surface area contributed by atoms with E-state index in [1.165, 1.54) is 31.1 Å². The quantitative estimate of drug-likeness (QED) is 0.502. The van der Waals surface area contributed by atoms with Crippen LogP contribution in [0.5, 0.6) is 0 Å². The van der Waals surface area contributed by atoms with Gasteiger partial charge in [0.05, 0.1) is 26.2 Å². The molecule has 16 heavy (non-hydrogen) atoms. The third-order valence-electron chi connectivity index (χ3n) is 4.61. The van der Waals surface area contributed by atoms with Crippen LogP contribution in [0.1, 0.15) is 26.2 Å². The van der Waals surface area contributed by atoms with E-state index in [4.69, 9.17) is 9.47 Å². The second-order valence-electron chi connectivity index (χ2n) is 5.45. The van der Waals surface area contributed by atoms with Crippen LogP contribution in [0, 0.1) is 17.3 Å². The second-order valence-corrected chi connectivity index (χ2v) is 5.45. The molecule has 88 valence electrons. The average Bonchev–Trinajstić information content (AvgIpc) is 2.86. The summed E-state index contributed by atoms with van der Waals surface area (Å²) in [7, 11) is 1.50. The Kier molecular flexibility index (Phi) is 2.15. The first-order valence-electron chi connectivity index (χ1n) is 6.04. The monoisotopic (exact) mass is 222 g/mol. The van der Waals surface area contributed by atoms with E-state index in [1.54, 1.807) is 0 Å². The number of hydrogen-bond donors (Lipinski definition) is 0. The van der Waals surface area contributed by atoms with Gasteiger partial charge in [-0.2, -0.15) is 0 Å². The van der Waals surface area contributed by atoms with Crippen molar-refractivity contribution in [1.82, 2.24) is 0 Å². The van der Waals surface area contributed by atoms with Crippen LogP contribution in [0.3, 0.4) is 0 Å². The van der Waals surface area contributed by atoms with Gasteiger partial charge in [-0.1, -0.05) is 6.92 Å². The molecule has 0 aromatic heterocycles. The minimum Gasteiger partial charge on any atom is -0.469 e. The summed E-state index contributed by atoms with van der Waals surface area (Å²) in [5.74, 6) is 0.350. The first-order valence-corrected chi connectivity index (χ1v) is 6.04. The van der Waals surface area contributed by atoms with Crippen LogP contribution in [0.4, 0.5) is 0 Å². The maximum Gasteiger partial charge on any atom is 0.309 e. The zero-order valence-corrected chi connectivity index (χ0v) is 9.91. The molecule has 2 aliphatic carbocycles. The first kappa shape index (κ1) is 10.3. The summed E-state index contributed by atoms with van der Waals surface area (Å²) in [6, 6.07) is 0. The Morgan fingerprint density at radius 1 is 1.44 bits per heavy atom.